The number of amides is 3. The summed E-state index contributed by atoms with van der Waals surface area (Å²) in [7, 11) is 0. The van der Waals surface area contributed by atoms with Gasteiger partial charge in [-0.15, -0.1) is 0 Å². The van der Waals surface area contributed by atoms with Gasteiger partial charge < -0.3 is 5.73 Å². The van der Waals surface area contributed by atoms with Crippen molar-refractivity contribution in [1.82, 2.24) is 5.32 Å². The summed E-state index contributed by atoms with van der Waals surface area (Å²) in [4.78, 5) is 21.6. The summed E-state index contributed by atoms with van der Waals surface area (Å²) < 4.78 is -0.665. The number of hydrogen-bond acceptors (Lipinski definition) is 2. The molecule has 0 bridgehead atoms. The number of alkyl halides is 1. The standard InChI is InChI=1S/C16H34.C7H13BrN2O2/c1-3-5-7-9-11-13-15-16-14-12-10-8-6-4-2;1-3-7(8,4-2)5(11)10-6(9)12/h3-16H2,1-2H3;3-4H2,1-2H3,(H3,9,10,11,12). The van der Waals surface area contributed by atoms with Crippen molar-refractivity contribution >= 4 is 27.9 Å². The van der Waals surface area contributed by atoms with Crippen LogP contribution in [0.1, 0.15) is 130 Å². The lowest BCUT2D eigenvalue weighted by atomic mass is 10.0. The second-order valence-electron chi connectivity index (χ2n) is 7.73. The minimum Gasteiger partial charge on any atom is -0.351 e. The van der Waals surface area contributed by atoms with Gasteiger partial charge in [-0.3, -0.25) is 10.1 Å². The first-order valence-corrected chi connectivity index (χ1v) is 12.5. The minimum absolute atomic E-state index is 0.375. The molecule has 0 spiro atoms. The highest BCUT2D eigenvalue weighted by atomic mass is 79.9. The van der Waals surface area contributed by atoms with E-state index in [0.29, 0.717) is 12.8 Å². The Hall–Kier alpha value is -0.580. The van der Waals surface area contributed by atoms with Crippen LogP contribution in [0.2, 0.25) is 0 Å². The third-order valence-corrected chi connectivity index (χ3v) is 6.70. The number of nitrogens with two attached hydrogens (primary N) is 1. The van der Waals surface area contributed by atoms with Crippen molar-refractivity contribution in [2.24, 2.45) is 5.73 Å². The van der Waals surface area contributed by atoms with Gasteiger partial charge in [-0.25, -0.2) is 4.79 Å². The zero-order chi connectivity index (χ0) is 21.7. The van der Waals surface area contributed by atoms with Crippen LogP contribution in [-0.4, -0.2) is 16.3 Å². The second kappa shape index (κ2) is 21.1. The van der Waals surface area contributed by atoms with Crippen molar-refractivity contribution in [3.8, 4) is 0 Å². The molecule has 0 saturated heterocycles. The molecular formula is C23H47BrN2O2. The normalized spacial score (nSPS) is 10.9. The molecule has 0 heterocycles. The lowest BCUT2D eigenvalue weighted by molar-refractivity contribution is -0.122. The predicted molar refractivity (Wildman–Crippen MR) is 126 cm³/mol. The van der Waals surface area contributed by atoms with Gasteiger partial charge in [0, 0.05) is 0 Å². The Kier molecular flexibility index (Phi) is 22.4. The van der Waals surface area contributed by atoms with Gasteiger partial charge in [0.2, 0.25) is 5.91 Å². The third-order valence-electron chi connectivity index (χ3n) is 5.22. The molecule has 0 fully saturated rings. The van der Waals surface area contributed by atoms with Gasteiger partial charge >= 0.3 is 6.03 Å². The fourth-order valence-electron chi connectivity index (χ4n) is 3.06. The highest BCUT2D eigenvalue weighted by Crippen LogP contribution is 2.26. The second-order valence-corrected chi connectivity index (χ2v) is 9.25. The van der Waals surface area contributed by atoms with E-state index in [-0.39, 0.29) is 5.91 Å². The molecule has 168 valence electrons. The van der Waals surface area contributed by atoms with Gasteiger partial charge in [0.15, 0.2) is 0 Å². The average molecular weight is 464 g/mol. The van der Waals surface area contributed by atoms with Crippen LogP contribution in [0, 0.1) is 0 Å². The van der Waals surface area contributed by atoms with Crippen LogP contribution in [0.15, 0.2) is 0 Å². The van der Waals surface area contributed by atoms with Gasteiger partial charge in [0.25, 0.3) is 0 Å². The monoisotopic (exact) mass is 462 g/mol. The number of primary amides is 1. The predicted octanol–water partition coefficient (Wildman–Crippen LogP) is 7.62. The van der Waals surface area contributed by atoms with Crippen LogP contribution < -0.4 is 11.1 Å². The van der Waals surface area contributed by atoms with Crippen LogP contribution in [0.25, 0.3) is 0 Å². The molecule has 0 unspecified atom stereocenters. The van der Waals surface area contributed by atoms with Crippen LogP contribution in [0.3, 0.4) is 0 Å². The molecule has 3 N–H and O–H groups in total. The molecule has 0 atom stereocenters. The van der Waals surface area contributed by atoms with Gasteiger partial charge in [-0.2, -0.15) is 0 Å². The first kappa shape index (κ1) is 29.6. The van der Waals surface area contributed by atoms with E-state index in [4.69, 9.17) is 5.73 Å². The lowest BCUT2D eigenvalue weighted by Crippen LogP contribution is -2.46. The molecule has 5 heteroatoms. The number of halogens is 1. The summed E-state index contributed by atoms with van der Waals surface area (Å²) in [6.45, 7) is 8.30. The van der Waals surface area contributed by atoms with Crippen molar-refractivity contribution < 1.29 is 9.59 Å². The zero-order valence-corrected chi connectivity index (χ0v) is 20.7. The molecule has 0 radical (unpaired) electrons. The van der Waals surface area contributed by atoms with E-state index in [2.05, 4.69) is 29.8 Å². The molecule has 0 aromatic carbocycles. The van der Waals surface area contributed by atoms with Crippen molar-refractivity contribution in [2.45, 2.75) is 135 Å². The van der Waals surface area contributed by atoms with Crippen LogP contribution in [0.5, 0.6) is 0 Å². The summed E-state index contributed by atoms with van der Waals surface area (Å²) in [5, 5.41) is 2.04. The molecular weight excluding hydrogens is 416 g/mol. The number of nitrogens with one attached hydrogen (secondary N) is 1. The molecule has 0 aliphatic carbocycles. The van der Waals surface area contributed by atoms with E-state index in [1.165, 1.54) is 89.9 Å². The highest BCUT2D eigenvalue weighted by molar-refractivity contribution is 9.10. The Morgan fingerprint density at radius 3 is 1.18 bits per heavy atom. The molecule has 28 heavy (non-hydrogen) atoms. The Balaban J connectivity index is 0. The lowest BCUT2D eigenvalue weighted by Gasteiger charge is -2.21. The summed E-state index contributed by atoms with van der Waals surface area (Å²) in [6.07, 6.45) is 21.6. The fourth-order valence-corrected chi connectivity index (χ4v) is 3.16. The Bertz CT molecular complexity index is 358. The minimum atomic E-state index is -0.814. The third kappa shape index (κ3) is 18.8. The molecule has 0 aliphatic rings. The number of carbonyl (C=O) groups is 2. The van der Waals surface area contributed by atoms with Crippen molar-refractivity contribution in [2.75, 3.05) is 0 Å². The van der Waals surface area contributed by atoms with Gasteiger partial charge in [0.1, 0.15) is 4.32 Å². The zero-order valence-electron chi connectivity index (χ0n) is 19.1. The van der Waals surface area contributed by atoms with E-state index in [9.17, 15) is 9.59 Å². The van der Waals surface area contributed by atoms with Crippen molar-refractivity contribution in [1.29, 1.82) is 0 Å². The molecule has 0 aliphatic heterocycles. The maximum absolute atomic E-state index is 11.3. The molecule has 0 aromatic heterocycles. The SMILES string of the molecule is CCC(Br)(CC)C(=O)NC(N)=O.CCCCCCCCCCCCCCCC. The summed E-state index contributed by atoms with van der Waals surface area (Å²) in [5.41, 5.74) is 4.81. The number of unbranched alkanes of at least 4 members (excludes halogenated alkanes) is 13. The Labute approximate surface area is 183 Å². The van der Waals surface area contributed by atoms with Crippen LogP contribution in [0.4, 0.5) is 4.79 Å². The summed E-state index contributed by atoms with van der Waals surface area (Å²) in [6, 6.07) is -0.814. The quantitative estimate of drug-likeness (QED) is 0.182. The van der Waals surface area contributed by atoms with E-state index >= 15 is 0 Å². The number of urea groups is 1. The van der Waals surface area contributed by atoms with E-state index in [1.54, 1.807) is 0 Å². The number of carbonyl (C=O) groups excluding carboxylic acids is 2. The van der Waals surface area contributed by atoms with Crippen LogP contribution >= 0.6 is 15.9 Å². The number of rotatable bonds is 16. The number of hydrogen-bond donors (Lipinski definition) is 2. The van der Waals surface area contributed by atoms with Crippen molar-refractivity contribution in [3.63, 3.8) is 0 Å². The largest absolute Gasteiger partial charge is 0.351 e. The molecule has 0 rings (SSSR count). The average Bonchev–Trinajstić information content (AvgIpc) is 2.68. The Morgan fingerprint density at radius 1 is 0.679 bits per heavy atom. The topological polar surface area (TPSA) is 72.2 Å². The molecule has 0 saturated carbocycles. The van der Waals surface area contributed by atoms with Crippen LogP contribution in [-0.2, 0) is 4.79 Å². The smallest absolute Gasteiger partial charge is 0.318 e. The number of imide groups is 1. The summed E-state index contributed by atoms with van der Waals surface area (Å²) in [5.74, 6) is -0.375. The van der Waals surface area contributed by atoms with E-state index in [1.807, 2.05) is 19.2 Å². The maximum atomic E-state index is 11.3. The van der Waals surface area contributed by atoms with Gasteiger partial charge in [-0.05, 0) is 12.8 Å². The first-order valence-electron chi connectivity index (χ1n) is 11.7. The highest BCUT2D eigenvalue weighted by Gasteiger charge is 2.32. The van der Waals surface area contributed by atoms with Gasteiger partial charge in [-0.1, -0.05) is 134 Å². The fraction of sp³-hybridized carbons (Fsp3) is 0.913. The molecule has 3 amide bonds. The maximum Gasteiger partial charge on any atom is 0.318 e. The first-order chi connectivity index (χ1) is 13.4. The Morgan fingerprint density at radius 2 is 0.964 bits per heavy atom. The van der Waals surface area contributed by atoms with E-state index in [0.717, 1.165) is 0 Å². The summed E-state index contributed by atoms with van der Waals surface area (Å²) >= 11 is 3.26. The molecule has 4 nitrogen and oxygen atoms in total. The van der Waals surface area contributed by atoms with Gasteiger partial charge in [0.05, 0.1) is 0 Å². The van der Waals surface area contributed by atoms with Crippen molar-refractivity contribution in [3.05, 3.63) is 0 Å². The molecule has 0 aromatic rings. The van der Waals surface area contributed by atoms with E-state index < -0.39 is 10.4 Å².